The second kappa shape index (κ2) is 18.2. The molecule has 6 nitrogen and oxygen atoms in total. The Hall–Kier alpha value is 0.194. The van der Waals surface area contributed by atoms with Gasteiger partial charge >= 0.3 is 17.6 Å². The van der Waals surface area contributed by atoms with Gasteiger partial charge in [0.1, 0.15) is 0 Å². The van der Waals surface area contributed by atoms with E-state index >= 15 is 0 Å². The Labute approximate surface area is 170 Å². The Morgan fingerprint density at radius 3 is 1.04 bits per heavy atom. The van der Waals surface area contributed by atoms with E-state index in [1.54, 1.807) is 0 Å². The summed E-state index contributed by atoms with van der Waals surface area (Å²) in [5.74, 6) is 0.548. The van der Waals surface area contributed by atoms with Gasteiger partial charge in [0, 0.05) is 51.7 Å². The molecule has 0 amide bonds. The van der Waals surface area contributed by atoms with Crippen molar-refractivity contribution < 1.29 is 26.6 Å². The highest BCUT2D eigenvalue weighted by Crippen LogP contribution is 2.21. The van der Waals surface area contributed by atoms with Crippen LogP contribution in [0.4, 0.5) is 0 Å². The third-order valence-corrected chi connectivity index (χ3v) is 10.2. The topological polar surface area (TPSA) is 55.4 Å². The van der Waals surface area contributed by atoms with Crippen LogP contribution in [0.3, 0.4) is 0 Å². The predicted molar refractivity (Wildman–Crippen MR) is 116 cm³/mol. The van der Waals surface area contributed by atoms with Crippen LogP contribution in [0.5, 0.6) is 0 Å². The zero-order valence-corrected chi connectivity index (χ0v) is 21.4. The lowest BCUT2D eigenvalue weighted by Crippen LogP contribution is -2.46. The molecule has 27 heavy (non-hydrogen) atoms. The molecule has 8 heteroatoms. The Morgan fingerprint density at radius 1 is 0.519 bits per heavy atom. The average Bonchev–Trinajstić information content (AvgIpc) is 2.56. The Bertz CT molecular complexity index is 272. The molecule has 0 atom stereocenters. The standard InChI is InChI=1S/C10H24O3Si.C9H22O3Si/c1-6-11-14(12-7-2,13-8-3)9-10(4)5;1-5-9-13(10-6-2,11-7-3)12-8-4/h10H,6-9H2,1-5H3;5-9H2,1-4H3. The summed E-state index contributed by atoms with van der Waals surface area (Å²) in [6, 6.07) is 1.82. The minimum atomic E-state index is -2.36. The molecule has 0 fully saturated rings. The van der Waals surface area contributed by atoms with Crippen molar-refractivity contribution in [3.8, 4) is 0 Å². The van der Waals surface area contributed by atoms with E-state index in [-0.39, 0.29) is 0 Å². The lowest BCUT2D eigenvalue weighted by atomic mass is 10.3. The quantitative estimate of drug-likeness (QED) is 0.319. The maximum absolute atomic E-state index is 5.72. The van der Waals surface area contributed by atoms with Crippen molar-refractivity contribution in [3.63, 3.8) is 0 Å². The van der Waals surface area contributed by atoms with E-state index in [1.807, 2.05) is 41.5 Å². The molecular formula is C19H46O6Si2. The fourth-order valence-corrected chi connectivity index (χ4v) is 8.31. The second-order valence-electron chi connectivity index (χ2n) is 6.31. The van der Waals surface area contributed by atoms with Crippen LogP contribution in [0.25, 0.3) is 0 Å². The van der Waals surface area contributed by atoms with E-state index in [4.69, 9.17) is 26.6 Å². The summed E-state index contributed by atoms with van der Waals surface area (Å²) in [6.45, 7) is 22.4. The first-order chi connectivity index (χ1) is 12.8. The number of rotatable bonds is 16. The van der Waals surface area contributed by atoms with Crippen LogP contribution in [0.15, 0.2) is 0 Å². The van der Waals surface area contributed by atoms with Crippen LogP contribution < -0.4 is 0 Å². The fraction of sp³-hybridized carbons (Fsp3) is 1.00. The highest BCUT2D eigenvalue weighted by atomic mass is 28.4. The third-order valence-electron chi connectivity index (χ3n) is 3.40. The molecule has 0 spiro atoms. The van der Waals surface area contributed by atoms with Gasteiger partial charge in [0.15, 0.2) is 0 Å². The monoisotopic (exact) mass is 426 g/mol. The average molecular weight is 427 g/mol. The SMILES string of the molecule is CCC[Si](OCC)(OCC)OCC.CCO[Si](CC(C)C)(OCC)OCC. The van der Waals surface area contributed by atoms with Crippen molar-refractivity contribution in [2.75, 3.05) is 39.6 Å². The van der Waals surface area contributed by atoms with Crippen molar-refractivity contribution in [1.29, 1.82) is 0 Å². The Balaban J connectivity index is 0. The molecule has 0 heterocycles. The summed E-state index contributed by atoms with van der Waals surface area (Å²) in [4.78, 5) is 0. The van der Waals surface area contributed by atoms with Crippen LogP contribution in [0.1, 0.15) is 68.7 Å². The van der Waals surface area contributed by atoms with Gasteiger partial charge < -0.3 is 26.6 Å². The van der Waals surface area contributed by atoms with Crippen LogP contribution in [0, 0.1) is 5.92 Å². The van der Waals surface area contributed by atoms with Gasteiger partial charge in [-0.25, -0.2) is 0 Å². The molecule has 0 aliphatic rings. The summed E-state index contributed by atoms with van der Waals surface area (Å²) < 4.78 is 34.1. The van der Waals surface area contributed by atoms with E-state index in [2.05, 4.69) is 20.8 Å². The van der Waals surface area contributed by atoms with Crippen molar-refractivity contribution in [3.05, 3.63) is 0 Å². The van der Waals surface area contributed by atoms with Crippen molar-refractivity contribution in [2.45, 2.75) is 80.8 Å². The van der Waals surface area contributed by atoms with Gasteiger partial charge in [-0.05, 0) is 47.5 Å². The molecule has 0 N–H and O–H groups in total. The smallest absolute Gasteiger partial charge is 0.374 e. The second-order valence-corrected chi connectivity index (χ2v) is 11.7. The van der Waals surface area contributed by atoms with Gasteiger partial charge in [0.25, 0.3) is 0 Å². The minimum absolute atomic E-state index is 0.548. The van der Waals surface area contributed by atoms with Crippen LogP contribution in [0.2, 0.25) is 12.1 Å². The number of hydrogen-bond donors (Lipinski definition) is 0. The maximum atomic E-state index is 5.72. The molecule has 0 saturated heterocycles. The van der Waals surface area contributed by atoms with E-state index in [9.17, 15) is 0 Å². The van der Waals surface area contributed by atoms with Gasteiger partial charge in [0.2, 0.25) is 0 Å². The maximum Gasteiger partial charge on any atom is 0.501 e. The summed E-state index contributed by atoms with van der Waals surface area (Å²) >= 11 is 0. The minimum Gasteiger partial charge on any atom is -0.374 e. The summed E-state index contributed by atoms with van der Waals surface area (Å²) in [7, 11) is -4.65. The molecular weight excluding hydrogens is 380 g/mol. The highest BCUT2D eigenvalue weighted by Gasteiger charge is 2.41. The summed E-state index contributed by atoms with van der Waals surface area (Å²) in [5.41, 5.74) is 0. The van der Waals surface area contributed by atoms with Gasteiger partial charge in [-0.1, -0.05) is 27.2 Å². The molecule has 0 saturated carbocycles. The fourth-order valence-electron chi connectivity index (χ4n) is 2.77. The lowest BCUT2D eigenvalue weighted by molar-refractivity contribution is 0.0680. The van der Waals surface area contributed by atoms with Crippen LogP contribution in [-0.2, 0) is 26.6 Å². The van der Waals surface area contributed by atoms with Crippen LogP contribution >= 0.6 is 0 Å². The molecule has 0 aliphatic heterocycles. The van der Waals surface area contributed by atoms with Gasteiger partial charge in [-0.15, -0.1) is 0 Å². The molecule has 0 aliphatic carbocycles. The van der Waals surface area contributed by atoms with Gasteiger partial charge in [-0.3, -0.25) is 0 Å². The lowest BCUT2D eigenvalue weighted by Gasteiger charge is -2.29. The molecule has 0 radical (unpaired) electrons. The van der Waals surface area contributed by atoms with E-state index in [1.165, 1.54) is 0 Å². The van der Waals surface area contributed by atoms with Gasteiger partial charge in [0.05, 0.1) is 0 Å². The predicted octanol–water partition coefficient (Wildman–Crippen LogP) is 5.14. The summed E-state index contributed by atoms with van der Waals surface area (Å²) in [5, 5.41) is 0. The van der Waals surface area contributed by atoms with Crippen molar-refractivity contribution in [2.24, 2.45) is 5.92 Å². The summed E-state index contributed by atoms with van der Waals surface area (Å²) in [6.07, 6.45) is 1.05. The van der Waals surface area contributed by atoms with Crippen molar-refractivity contribution in [1.82, 2.24) is 0 Å². The first-order valence-corrected chi connectivity index (χ1v) is 14.5. The molecule has 0 bridgehead atoms. The number of hydrogen-bond acceptors (Lipinski definition) is 6. The first kappa shape index (κ1) is 29.4. The van der Waals surface area contributed by atoms with Crippen molar-refractivity contribution >= 4 is 17.6 Å². The zero-order valence-electron chi connectivity index (χ0n) is 19.4. The molecule has 0 rings (SSSR count). The van der Waals surface area contributed by atoms with E-state index in [0.717, 1.165) is 18.5 Å². The highest BCUT2D eigenvalue weighted by molar-refractivity contribution is 6.61. The molecule has 166 valence electrons. The van der Waals surface area contributed by atoms with E-state index < -0.39 is 17.6 Å². The van der Waals surface area contributed by atoms with E-state index in [0.29, 0.717) is 45.6 Å². The van der Waals surface area contributed by atoms with Crippen LogP contribution in [-0.4, -0.2) is 57.3 Å². The molecule has 0 aromatic heterocycles. The largest absolute Gasteiger partial charge is 0.501 e. The third kappa shape index (κ3) is 13.9. The normalized spacial score (nSPS) is 12.2. The molecule has 0 unspecified atom stereocenters. The van der Waals surface area contributed by atoms with Gasteiger partial charge in [-0.2, -0.15) is 0 Å². The molecule has 0 aromatic rings. The zero-order chi connectivity index (χ0) is 21.2. The molecule has 0 aromatic carbocycles. The first-order valence-electron chi connectivity index (χ1n) is 10.7. The Morgan fingerprint density at radius 2 is 0.815 bits per heavy atom. The Kier molecular flexibility index (Phi) is 19.9.